The number of nitrogens with one attached hydrogen (secondary N) is 2. The van der Waals surface area contributed by atoms with Crippen LogP contribution in [0.3, 0.4) is 0 Å². The summed E-state index contributed by atoms with van der Waals surface area (Å²) in [6.45, 7) is 3.97. The van der Waals surface area contributed by atoms with Gasteiger partial charge >= 0.3 is 0 Å². The fourth-order valence-corrected chi connectivity index (χ4v) is 4.44. The van der Waals surface area contributed by atoms with Crippen LogP contribution in [0.1, 0.15) is 47.1 Å². The lowest BCUT2D eigenvalue weighted by molar-refractivity contribution is -0.119. The van der Waals surface area contributed by atoms with Gasteiger partial charge in [-0.1, -0.05) is 24.3 Å². The first-order chi connectivity index (χ1) is 15.8. The van der Waals surface area contributed by atoms with Crippen molar-refractivity contribution in [1.82, 2.24) is 10.6 Å². The molecule has 0 spiro atoms. The van der Waals surface area contributed by atoms with E-state index < -0.39 is 5.60 Å². The maximum absolute atomic E-state index is 13.4. The highest BCUT2D eigenvalue weighted by atomic mass is 32.1. The Labute approximate surface area is 197 Å². The van der Waals surface area contributed by atoms with Gasteiger partial charge in [-0.05, 0) is 61.7 Å². The van der Waals surface area contributed by atoms with Crippen LogP contribution in [0, 0.1) is 0 Å². The molecule has 6 nitrogen and oxygen atoms in total. The molecular weight excluding hydrogens is 436 g/mol. The molecule has 0 aliphatic carbocycles. The van der Waals surface area contributed by atoms with Crippen LogP contribution in [0.15, 0.2) is 71.7 Å². The zero-order valence-corrected chi connectivity index (χ0v) is 19.6. The summed E-state index contributed by atoms with van der Waals surface area (Å²) in [5.41, 5.74) is 1.03. The van der Waals surface area contributed by atoms with Gasteiger partial charge in [0.15, 0.2) is 0 Å². The molecule has 0 saturated heterocycles. The molecule has 2 heterocycles. The monoisotopic (exact) mass is 462 g/mol. The Hall–Kier alpha value is -3.58. The Bertz CT molecular complexity index is 1170. The van der Waals surface area contributed by atoms with Crippen molar-refractivity contribution in [1.29, 1.82) is 0 Å². The molecule has 2 aromatic carbocycles. The third-order valence-electron chi connectivity index (χ3n) is 5.34. The van der Waals surface area contributed by atoms with E-state index in [-0.39, 0.29) is 23.6 Å². The van der Waals surface area contributed by atoms with E-state index in [4.69, 9.17) is 9.47 Å². The SMILES string of the molecule is COc1ccc2c(c1)[C@@H](NC(=O)/C(=C/c1cccs1)NC(=O)c1ccccc1)CC(C)(C)O2. The summed E-state index contributed by atoms with van der Waals surface area (Å²) in [6.07, 6.45) is 2.26. The summed E-state index contributed by atoms with van der Waals surface area (Å²) in [5, 5.41) is 7.81. The number of benzene rings is 2. The molecule has 1 aliphatic rings. The molecule has 2 amide bonds. The van der Waals surface area contributed by atoms with Crippen LogP contribution in [0.4, 0.5) is 0 Å². The summed E-state index contributed by atoms with van der Waals surface area (Å²) in [5.74, 6) is 0.671. The van der Waals surface area contributed by atoms with Crippen molar-refractivity contribution in [3.8, 4) is 11.5 Å². The Kier molecular flexibility index (Phi) is 6.51. The second-order valence-corrected chi connectivity index (χ2v) is 9.37. The van der Waals surface area contributed by atoms with Gasteiger partial charge in [0.1, 0.15) is 22.8 Å². The quantitative estimate of drug-likeness (QED) is 0.509. The molecule has 1 aromatic heterocycles. The number of hydrogen-bond acceptors (Lipinski definition) is 5. The number of thiophene rings is 1. The van der Waals surface area contributed by atoms with Gasteiger partial charge in [0.25, 0.3) is 11.8 Å². The molecule has 2 N–H and O–H groups in total. The number of amides is 2. The number of hydrogen-bond donors (Lipinski definition) is 2. The van der Waals surface area contributed by atoms with Gasteiger partial charge in [0, 0.05) is 22.4 Å². The maximum atomic E-state index is 13.4. The number of ether oxygens (including phenoxy) is 2. The minimum atomic E-state index is -0.468. The topological polar surface area (TPSA) is 76.7 Å². The molecular formula is C26H26N2O4S. The molecule has 7 heteroatoms. The Morgan fingerprint density at radius 3 is 2.61 bits per heavy atom. The summed E-state index contributed by atoms with van der Waals surface area (Å²) in [6, 6.07) is 17.9. The molecule has 1 aliphatic heterocycles. The van der Waals surface area contributed by atoms with Crippen LogP contribution in [-0.2, 0) is 4.79 Å². The van der Waals surface area contributed by atoms with E-state index in [9.17, 15) is 9.59 Å². The predicted octanol–water partition coefficient (Wildman–Crippen LogP) is 4.95. The van der Waals surface area contributed by atoms with E-state index in [0.717, 1.165) is 10.4 Å². The van der Waals surface area contributed by atoms with E-state index in [1.165, 1.54) is 11.3 Å². The molecule has 170 valence electrons. The van der Waals surface area contributed by atoms with Crippen molar-refractivity contribution in [2.24, 2.45) is 0 Å². The lowest BCUT2D eigenvalue weighted by Gasteiger charge is -2.38. The van der Waals surface area contributed by atoms with Crippen LogP contribution in [0.25, 0.3) is 6.08 Å². The molecule has 33 heavy (non-hydrogen) atoms. The average molecular weight is 463 g/mol. The lowest BCUT2D eigenvalue weighted by Crippen LogP contribution is -2.43. The highest BCUT2D eigenvalue weighted by Gasteiger charge is 2.35. The Morgan fingerprint density at radius 1 is 1.12 bits per heavy atom. The minimum absolute atomic E-state index is 0.181. The van der Waals surface area contributed by atoms with Crippen molar-refractivity contribution in [2.45, 2.75) is 31.9 Å². The van der Waals surface area contributed by atoms with Gasteiger partial charge in [-0.15, -0.1) is 11.3 Å². The summed E-state index contributed by atoms with van der Waals surface area (Å²) >= 11 is 1.49. The molecule has 0 radical (unpaired) electrons. The molecule has 0 unspecified atom stereocenters. The van der Waals surface area contributed by atoms with E-state index in [1.54, 1.807) is 37.5 Å². The first kappa shape index (κ1) is 22.6. The predicted molar refractivity (Wildman–Crippen MR) is 129 cm³/mol. The third kappa shape index (κ3) is 5.43. The van der Waals surface area contributed by atoms with Crippen LogP contribution < -0.4 is 20.1 Å². The van der Waals surface area contributed by atoms with Crippen LogP contribution >= 0.6 is 11.3 Å². The largest absolute Gasteiger partial charge is 0.497 e. The van der Waals surface area contributed by atoms with Gasteiger partial charge in [-0.25, -0.2) is 0 Å². The van der Waals surface area contributed by atoms with Crippen molar-refractivity contribution >= 4 is 29.2 Å². The second-order valence-electron chi connectivity index (χ2n) is 8.39. The summed E-state index contributed by atoms with van der Waals surface area (Å²) in [4.78, 5) is 27.1. The van der Waals surface area contributed by atoms with Gasteiger partial charge in [0.05, 0.1) is 13.2 Å². The first-order valence-corrected chi connectivity index (χ1v) is 11.5. The Balaban J connectivity index is 1.62. The second kappa shape index (κ2) is 9.50. The van der Waals surface area contributed by atoms with E-state index >= 15 is 0 Å². The average Bonchev–Trinajstić information content (AvgIpc) is 3.31. The van der Waals surface area contributed by atoms with Crippen molar-refractivity contribution in [3.63, 3.8) is 0 Å². The molecule has 0 saturated carbocycles. The zero-order chi connectivity index (χ0) is 23.4. The first-order valence-electron chi connectivity index (χ1n) is 10.6. The number of fused-ring (bicyclic) bond motifs is 1. The molecule has 0 bridgehead atoms. The van der Waals surface area contributed by atoms with Crippen LogP contribution in [0.5, 0.6) is 11.5 Å². The molecule has 0 fully saturated rings. The highest BCUT2D eigenvalue weighted by molar-refractivity contribution is 7.10. The van der Waals surface area contributed by atoms with Crippen molar-refractivity contribution in [3.05, 3.63) is 87.7 Å². The summed E-state index contributed by atoms with van der Waals surface area (Å²) in [7, 11) is 1.60. The minimum Gasteiger partial charge on any atom is -0.497 e. The molecule has 4 rings (SSSR count). The number of rotatable bonds is 6. The normalized spacial score (nSPS) is 16.8. The Morgan fingerprint density at radius 2 is 1.91 bits per heavy atom. The van der Waals surface area contributed by atoms with E-state index in [1.807, 2.05) is 55.6 Å². The summed E-state index contributed by atoms with van der Waals surface area (Å²) < 4.78 is 11.5. The fourth-order valence-electron chi connectivity index (χ4n) is 3.78. The lowest BCUT2D eigenvalue weighted by atomic mass is 9.89. The fraction of sp³-hybridized carbons (Fsp3) is 0.231. The van der Waals surface area contributed by atoms with E-state index in [0.29, 0.717) is 23.5 Å². The third-order valence-corrected chi connectivity index (χ3v) is 6.16. The maximum Gasteiger partial charge on any atom is 0.268 e. The zero-order valence-electron chi connectivity index (χ0n) is 18.8. The molecule has 3 aromatic rings. The van der Waals surface area contributed by atoms with Crippen LogP contribution in [-0.4, -0.2) is 24.5 Å². The van der Waals surface area contributed by atoms with Gasteiger partial charge in [-0.2, -0.15) is 0 Å². The van der Waals surface area contributed by atoms with Crippen LogP contribution in [0.2, 0.25) is 0 Å². The number of carbonyl (C=O) groups excluding carboxylic acids is 2. The number of carbonyl (C=O) groups is 2. The van der Waals surface area contributed by atoms with Gasteiger partial charge in [-0.3, -0.25) is 9.59 Å². The van der Waals surface area contributed by atoms with Gasteiger partial charge in [0.2, 0.25) is 0 Å². The molecule has 1 atom stereocenters. The van der Waals surface area contributed by atoms with Crippen molar-refractivity contribution in [2.75, 3.05) is 7.11 Å². The van der Waals surface area contributed by atoms with E-state index in [2.05, 4.69) is 10.6 Å². The highest BCUT2D eigenvalue weighted by Crippen LogP contribution is 2.41. The standard InChI is InChI=1S/C26H26N2O4S/c1-26(2)16-22(20-14-18(31-3)11-12-23(20)32-26)28-25(30)21(15-19-10-7-13-33-19)27-24(29)17-8-5-4-6-9-17/h4-15,22H,16H2,1-3H3,(H,27,29)(H,28,30)/b21-15-/t22-/m0/s1. The smallest absolute Gasteiger partial charge is 0.268 e. The number of methoxy groups -OCH3 is 1. The van der Waals surface area contributed by atoms with Gasteiger partial charge < -0.3 is 20.1 Å². The van der Waals surface area contributed by atoms with Crippen molar-refractivity contribution < 1.29 is 19.1 Å².